The third-order valence-electron chi connectivity index (χ3n) is 10.1. The third-order valence-corrected chi connectivity index (χ3v) is 10.1. The largest absolute Gasteiger partial charge is 0.504 e. The molecule has 2 heterocycles. The summed E-state index contributed by atoms with van der Waals surface area (Å²) in [4.78, 5) is 43.9. The van der Waals surface area contributed by atoms with Gasteiger partial charge in [0.25, 0.3) is 11.4 Å². The van der Waals surface area contributed by atoms with Gasteiger partial charge in [0.1, 0.15) is 42.7 Å². The number of phenolic OH excluding ortho intramolecular Hbond substituents is 3. The number of phenols is 3. The second-order valence-corrected chi connectivity index (χ2v) is 13.9. The van der Waals surface area contributed by atoms with E-state index < -0.39 is 91.2 Å². The minimum absolute atomic E-state index is 0.00311. The van der Waals surface area contributed by atoms with Crippen molar-refractivity contribution in [3.63, 3.8) is 0 Å². The minimum Gasteiger partial charge on any atom is -0.504 e. The van der Waals surface area contributed by atoms with E-state index in [1.165, 1.54) is 75.9 Å². The number of aromatic hydroxyl groups is 3. The summed E-state index contributed by atoms with van der Waals surface area (Å²) in [5.74, 6) is -8.82. The lowest BCUT2D eigenvalue weighted by Gasteiger charge is -2.54. The highest BCUT2D eigenvalue weighted by Crippen LogP contribution is 2.45. The van der Waals surface area contributed by atoms with E-state index in [9.17, 15) is 65.4 Å². The molecule has 2 aliphatic heterocycles. The maximum absolute atomic E-state index is 15.0. The molecule has 20 heteroatoms. The molecule has 0 radical (unpaired) electrons. The van der Waals surface area contributed by atoms with E-state index in [2.05, 4.69) is 0 Å². The molecule has 62 heavy (non-hydrogen) atoms. The second kappa shape index (κ2) is 19.9. The zero-order chi connectivity index (χ0) is 45.5. The van der Waals surface area contributed by atoms with Gasteiger partial charge < -0.3 is 84.2 Å². The van der Waals surface area contributed by atoms with E-state index in [0.717, 1.165) is 30.4 Å². The first-order chi connectivity index (χ1) is 29.5. The quantitative estimate of drug-likeness (QED) is 0.0629. The van der Waals surface area contributed by atoms with Crippen molar-refractivity contribution in [3.8, 4) is 34.5 Å². The highest BCUT2D eigenvalue weighted by molar-refractivity contribution is 6.11. The molecule has 334 valence electrons. The summed E-state index contributed by atoms with van der Waals surface area (Å²) in [5.41, 5.74) is -2.97. The number of benzene rings is 3. The summed E-state index contributed by atoms with van der Waals surface area (Å²) >= 11 is 0. The lowest BCUT2D eigenvalue weighted by atomic mass is 9.73. The smallest absolute Gasteiger partial charge is 0.332 e. The number of esters is 1. The van der Waals surface area contributed by atoms with Crippen LogP contribution in [0.1, 0.15) is 16.7 Å². The first-order valence-corrected chi connectivity index (χ1v) is 18.6. The maximum atomic E-state index is 15.0. The number of hydrogen-bond acceptors (Lipinski definition) is 20. The molecule has 10 atom stereocenters. The SMILES string of the molecule is COc1cc(C=CC(=O)O[C@]2(C(=O)C=Cc3ccc(O)c(OC)c3)[C@@H](O)[C@H](O)[C@@H](CO)O[C@]2(OC[C@H]2O[C@@H](O)[C@H](O)[C@@H](O)[C@@H]2O)C(=O)C=Cc2ccc(O)c(OC)c2)ccc1O. The molecule has 0 amide bonds. The van der Waals surface area contributed by atoms with Crippen molar-refractivity contribution in [3.05, 3.63) is 89.5 Å². The molecule has 2 aliphatic rings. The van der Waals surface area contributed by atoms with Crippen LogP contribution in [0, 0.1) is 0 Å². The highest BCUT2D eigenvalue weighted by Gasteiger charge is 2.74. The first kappa shape index (κ1) is 47.1. The van der Waals surface area contributed by atoms with Crippen LogP contribution >= 0.6 is 0 Å². The van der Waals surface area contributed by atoms with Crippen molar-refractivity contribution in [2.75, 3.05) is 34.5 Å². The number of rotatable bonds is 16. The van der Waals surface area contributed by atoms with Gasteiger partial charge in [-0.2, -0.15) is 0 Å². The fraction of sp³-hybridized carbons (Fsp3) is 0.357. The van der Waals surface area contributed by atoms with Crippen LogP contribution in [0.3, 0.4) is 0 Å². The van der Waals surface area contributed by atoms with Gasteiger partial charge in [0.05, 0.1) is 34.5 Å². The van der Waals surface area contributed by atoms with Crippen molar-refractivity contribution >= 4 is 35.8 Å². The molecule has 3 aromatic carbocycles. The predicted octanol–water partition coefficient (Wildman–Crippen LogP) is -0.685. The summed E-state index contributed by atoms with van der Waals surface area (Å²) in [7, 11) is 3.78. The van der Waals surface area contributed by atoms with Gasteiger partial charge in [-0.25, -0.2) is 4.79 Å². The van der Waals surface area contributed by atoms with E-state index in [-0.39, 0.29) is 51.2 Å². The van der Waals surface area contributed by atoms with E-state index in [0.29, 0.717) is 6.08 Å². The van der Waals surface area contributed by atoms with Crippen molar-refractivity contribution < 1.29 is 98.6 Å². The Morgan fingerprint density at radius 1 is 0.629 bits per heavy atom. The van der Waals surface area contributed by atoms with E-state index in [1.54, 1.807) is 0 Å². The molecule has 0 unspecified atom stereocenters. The molecule has 0 aliphatic carbocycles. The Kier molecular flexibility index (Phi) is 15.1. The molecule has 0 spiro atoms. The summed E-state index contributed by atoms with van der Waals surface area (Å²) in [5, 5.41) is 106. The van der Waals surface area contributed by atoms with Crippen molar-refractivity contribution in [2.24, 2.45) is 0 Å². The summed E-state index contributed by atoms with van der Waals surface area (Å²) in [6.07, 6.45) is -11.7. The molecule has 20 nitrogen and oxygen atoms in total. The van der Waals surface area contributed by atoms with Gasteiger partial charge in [0.2, 0.25) is 11.6 Å². The normalized spacial score (nSPS) is 28.9. The van der Waals surface area contributed by atoms with Crippen LogP contribution in [0.15, 0.2) is 72.8 Å². The Bertz CT molecular complexity index is 2190. The molecule has 2 saturated heterocycles. The minimum atomic E-state index is -3.53. The van der Waals surface area contributed by atoms with Gasteiger partial charge >= 0.3 is 5.97 Å². The highest BCUT2D eigenvalue weighted by atomic mass is 16.8. The number of ether oxygens (including phenoxy) is 7. The average Bonchev–Trinajstić information content (AvgIpc) is 3.27. The van der Waals surface area contributed by atoms with Crippen LogP contribution in [-0.2, 0) is 33.3 Å². The van der Waals surface area contributed by atoms with Crippen LogP contribution in [0.4, 0.5) is 0 Å². The number of hydrogen-bond donors (Lipinski definition) is 10. The standard InChI is InChI=1S/C42H46O20/c1-56-27-16-21(4-10-24(27)44)7-13-32(47)41(62-34(49)15-9-23-6-12-26(46)29(18-23)58-3)39(54)36(51)30(19-43)61-42(41,59-20-31-35(50)37(52)38(53)40(55)60-31)33(48)14-8-22-5-11-25(45)28(17-22)57-2/h4-18,30-31,35-40,43-46,50-55H,19-20H2,1-3H3/t30-,31-,35-,36-,37+,38-,39+,40-,41-,42-/m1/s1. The monoisotopic (exact) mass is 870 g/mol. The second-order valence-electron chi connectivity index (χ2n) is 13.9. The van der Waals surface area contributed by atoms with E-state index in [4.69, 9.17) is 33.2 Å². The van der Waals surface area contributed by atoms with Crippen LogP contribution in [0.25, 0.3) is 18.2 Å². The number of ketones is 2. The molecule has 3 aromatic rings. The van der Waals surface area contributed by atoms with Crippen LogP contribution in [0.5, 0.6) is 34.5 Å². The fourth-order valence-corrected chi connectivity index (χ4v) is 6.69. The maximum Gasteiger partial charge on any atom is 0.332 e. The molecule has 2 fully saturated rings. The molecular weight excluding hydrogens is 824 g/mol. The van der Waals surface area contributed by atoms with Crippen molar-refractivity contribution in [1.29, 1.82) is 0 Å². The number of carbonyl (C=O) groups is 3. The average molecular weight is 871 g/mol. The Morgan fingerprint density at radius 3 is 1.56 bits per heavy atom. The zero-order valence-corrected chi connectivity index (χ0v) is 33.2. The van der Waals surface area contributed by atoms with Crippen LogP contribution in [-0.4, -0.2) is 164 Å². The molecule has 0 bridgehead atoms. The molecule has 0 aromatic heterocycles. The lowest BCUT2D eigenvalue weighted by Crippen LogP contribution is -2.80. The van der Waals surface area contributed by atoms with Crippen LogP contribution < -0.4 is 14.2 Å². The summed E-state index contributed by atoms with van der Waals surface area (Å²) in [6, 6.07) is 11.6. The predicted molar refractivity (Wildman–Crippen MR) is 211 cm³/mol. The van der Waals surface area contributed by atoms with Gasteiger partial charge in [-0.1, -0.05) is 30.4 Å². The van der Waals surface area contributed by atoms with Gasteiger partial charge in [-0.05, 0) is 71.3 Å². The molecule has 0 saturated carbocycles. The number of aliphatic hydroxyl groups is 7. The molecule has 5 rings (SSSR count). The topological polar surface area (TPSA) is 318 Å². The first-order valence-electron chi connectivity index (χ1n) is 18.6. The van der Waals surface area contributed by atoms with Gasteiger partial charge in [0, 0.05) is 6.08 Å². The number of aliphatic hydroxyl groups excluding tert-OH is 7. The summed E-state index contributed by atoms with van der Waals surface area (Å²) < 4.78 is 38.3. The number of carbonyl (C=O) groups excluding carboxylic acids is 3. The Balaban J connectivity index is 1.74. The van der Waals surface area contributed by atoms with Crippen LogP contribution in [0.2, 0.25) is 0 Å². The van der Waals surface area contributed by atoms with Crippen molar-refractivity contribution in [1.82, 2.24) is 0 Å². The van der Waals surface area contributed by atoms with E-state index in [1.807, 2.05) is 0 Å². The number of methoxy groups -OCH3 is 3. The van der Waals surface area contributed by atoms with E-state index >= 15 is 0 Å². The fourth-order valence-electron chi connectivity index (χ4n) is 6.69. The third kappa shape index (κ3) is 9.44. The molecule has 10 N–H and O–H groups in total. The Labute approximate surface area is 352 Å². The summed E-state index contributed by atoms with van der Waals surface area (Å²) in [6.45, 7) is -2.32. The lowest BCUT2D eigenvalue weighted by molar-refractivity contribution is -0.377. The molecular formula is C42H46O20. The Hall–Kier alpha value is -5.91. The van der Waals surface area contributed by atoms with Gasteiger partial charge in [-0.15, -0.1) is 0 Å². The van der Waals surface area contributed by atoms with Gasteiger partial charge in [0.15, 0.2) is 40.8 Å². The van der Waals surface area contributed by atoms with Gasteiger partial charge in [-0.3, -0.25) is 9.59 Å². The van der Waals surface area contributed by atoms with Crippen molar-refractivity contribution in [2.45, 2.75) is 60.4 Å². The Morgan fingerprint density at radius 2 is 1.10 bits per heavy atom. The zero-order valence-electron chi connectivity index (χ0n) is 33.2.